The van der Waals surface area contributed by atoms with E-state index in [2.05, 4.69) is 5.43 Å². The van der Waals surface area contributed by atoms with E-state index in [1.54, 1.807) is 0 Å². The van der Waals surface area contributed by atoms with Crippen LogP contribution in [0.4, 0.5) is 0 Å². The summed E-state index contributed by atoms with van der Waals surface area (Å²) < 4.78 is 0. The number of hydrazine groups is 1. The predicted octanol–water partition coefficient (Wildman–Crippen LogP) is 3.30. The molecule has 0 amide bonds. The van der Waals surface area contributed by atoms with Crippen molar-refractivity contribution in [3.8, 4) is 0 Å². The van der Waals surface area contributed by atoms with Crippen LogP contribution in [0.5, 0.6) is 0 Å². The highest BCUT2D eigenvalue weighted by Gasteiger charge is 2.27. The van der Waals surface area contributed by atoms with E-state index in [0.717, 1.165) is 17.9 Å². The smallest absolute Gasteiger partial charge is 0.0492 e. The predicted molar refractivity (Wildman–Crippen MR) is 63.9 cm³/mol. The summed E-state index contributed by atoms with van der Waals surface area (Å²) in [4.78, 5) is 0. The third kappa shape index (κ3) is 2.64. The number of rotatable bonds is 4. The van der Waals surface area contributed by atoms with Crippen molar-refractivity contribution in [2.75, 3.05) is 0 Å². The Kier molecular flexibility index (Phi) is 3.52. The van der Waals surface area contributed by atoms with Gasteiger partial charge in [-0.15, -0.1) is 0 Å². The first kappa shape index (κ1) is 11.2. The van der Waals surface area contributed by atoms with Gasteiger partial charge in [-0.1, -0.05) is 42.1 Å². The second kappa shape index (κ2) is 4.71. The summed E-state index contributed by atoms with van der Waals surface area (Å²) in [5, 5.41) is 1.37. The van der Waals surface area contributed by atoms with Crippen molar-refractivity contribution < 1.29 is 0 Å². The first-order valence-electron chi connectivity index (χ1n) is 5.12. The van der Waals surface area contributed by atoms with Crippen molar-refractivity contribution in [2.24, 2.45) is 11.8 Å². The van der Waals surface area contributed by atoms with Gasteiger partial charge in [0.15, 0.2) is 0 Å². The van der Waals surface area contributed by atoms with Gasteiger partial charge in [-0.05, 0) is 24.5 Å². The Morgan fingerprint density at radius 1 is 1.33 bits per heavy atom. The van der Waals surface area contributed by atoms with Gasteiger partial charge in [0.05, 0.1) is 0 Å². The zero-order valence-electron chi connectivity index (χ0n) is 8.34. The van der Waals surface area contributed by atoms with Crippen LogP contribution in [0.3, 0.4) is 0 Å². The normalized spacial score (nSPS) is 17.8. The molecule has 0 bridgehead atoms. The Balaban J connectivity index is 2.23. The van der Waals surface area contributed by atoms with E-state index in [4.69, 9.17) is 29.0 Å². The van der Waals surface area contributed by atoms with Crippen LogP contribution < -0.4 is 11.3 Å². The summed E-state index contributed by atoms with van der Waals surface area (Å²) in [7, 11) is 0. The summed E-state index contributed by atoms with van der Waals surface area (Å²) in [6.07, 6.45) is 3.60. The van der Waals surface area contributed by atoms with Crippen LogP contribution in [0.25, 0.3) is 0 Å². The quantitative estimate of drug-likeness (QED) is 0.631. The van der Waals surface area contributed by atoms with Gasteiger partial charge in [-0.25, -0.2) is 0 Å². The summed E-state index contributed by atoms with van der Waals surface area (Å²) in [6, 6.07) is 5.61. The molecule has 82 valence electrons. The number of nitrogens with one attached hydrogen (secondary N) is 1. The average Bonchev–Trinajstić information content (AvgIpc) is 2.99. The number of hydrogen-bond acceptors (Lipinski definition) is 2. The standard InChI is InChI=1S/C11H14Cl2N2/c12-8-2-1-3-9(13)11(8)10(15-14)6-7-4-5-7/h1-3,7,10,15H,4-6,14H2. The molecule has 2 nitrogen and oxygen atoms in total. The molecule has 0 saturated heterocycles. The summed E-state index contributed by atoms with van der Waals surface area (Å²) in [5.74, 6) is 6.33. The number of halogens is 2. The molecule has 1 atom stereocenters. The Bertz CT molecular complexity index is 330. The lowest BCUT2D eigenvalue weighted by Crippen LogP contribution is -2.28. The molecular formula is C11H14Cl2N2. The first-order chi connectivity index (χ1) is 7.22. The van der Waals surface area contributed by atoms with Crippen LogP contribution >= 0.6 is 23.2 Å². The first-order valence-corrected chi connectivity index (χ1v) is 5.88. The Hall–Kier alpha value is -0.280. The average molecular weight is 245 g/mol. The fourth-order valence-corrected chi connectivity index (χ4v) is 2.46. The zero-order valence-corrected chi connectivity index (χ0v) is 9.85. The maximum absolute atomic E-state index is 6.13. The van der Waals surface area contributed by atoms with Crippen molar-refractivity contribution in [3.05, 3.63) is 33.8 Å². The molecule has 3 N–H and O–H groups in total. The molecule has 0 radical (unpaired) electrons. The minimum absolute atomic E-state index is 0.0682. The molecule has 1 aliphatic rings. The molecule has 1 saturated carbocycles. The van der Waals surface area contributed by atoms with Crippen LogP contribution in [0.1, 0.15) is 30.9 Å². The van der Waals surface area contributed by atoms with E-state index in [1.165, 1.54) is 12.8 Å². The Labute approximate surface area is 99.7 Å². The van der Waals surface area contributed by atoms with Gasteiger partial charge >= 0.3 is 0 Å². The largest absolute Gasteiger partial charge is 0.271 e. The second-order valence-corrected chi connectivity index (χ2v) is 4.85. The van der Waals surface area contributed by atoms with Gasteiger partial charge in [0, 0.05) is 21.7 Å². The van der Waals surface area contributed by atoms with Crippen LogP contribution in [0.2, 0.25) is 10.0 Å². The van der Waals surface area contributed by atoms with E-state index in [9.17, 15) is 0 Å². The van der Waals surface area contributed by atoms with E-state index in [0.29, 0.717) is 10.0 Å². The zero-order chi connectivity index (χ0) is 10.8. The molecule has 1 aromatic carbocycles. The Morgan fingerprint density at radius 2 is 1.93 bits per heavy atom. The van der Waals surface area contributed by atoms with Crippen LogP contribution in [0, 0.1) is 5.92 Å². The molecule has 0 spiro atoms. The van der Waals surface area contributed by atoms with Gasteiger partial charge < -0.3 is 0 Å². The molecule has 1 unspecified atom stereocenters. The molecule has 1 aliphatic carbocycles. The molecule has 1 aromatic rings. The lowest BCUT2D eigenvalue weighted by Gasteiger charge is -2.18. The molecule has 0 heterocycles. The number of benzene rings is 1. The fourth-order valence-electron chi connectivity index (χ4n) is 1.80. The molecule has 15 heavy (non-hydrogen) atoms. The number of nitrogens with two attached hydrogens (primary N) is 1. The highest BCUT2D eigenvalue weighted by atomic mass is 35.5. The highest BCUT2D eigenvalue weighted by Crippen LogP contribution is 2.40. The maximum Gasteiger partial charge on any atom is 0.0492 e. The van der Waals surface area contributed by atoms with Gasteiger partial charge in [-0.3, -0.25) is 11.3 Å². The van der Waals surface area contributed by atoms with Crippen molar-refractivity contribution in [2.45, 2.75) is 25.3 Å². The van der Waals surface area contributed by atoms with E-state index < -0.39 is 0 Å². The van der Waals surface area contributed by atoms with Crippen molar-refractivity contribution in [1.29, 1.82) is 0 Å². The third-order valence-corrected chi connectivity index (χ3v) is 3.47. The third-order valence-electron chi connectivity index (χ3n) is 2.82. The topological polar surface area (TPSA) is 38.0 Å². The van der Waals surface area contributed by atoms with Gasteiger partial charge in [0.25, 0.3) is 0 Å². The monoisotopic (exact) mass is 244 g/mol. The molecule has 2 rings (SSSR count). The van der Waals surface area contributed by atoms with Crippen LogP contribution in [-0.2, 0) is 0 Å². The van der Waals surface area contributed by atoms with Gasteiger partial charge in [0.1, 0.15) is 0 Å². The Morgan fingerprint density at radius 3 is 2.40 bits per heavy atom. The minimum atomic E-state index is 0.0682. The van der Waals surface area contributed by atoms with Gasteiger partial charge in [0.2, 0.25) is 0 Å². The summed E-state index contributed by atoms with van der Waals surface area (Å²) in [5.41, 5.74) is 3.73. The second-order valence-electron chi connectivity index (χ2n) is 4.03. The summed E-state index contributed by atoms with van der Waals surface area (Å²) in [6.45, 7) is 0. The maximum atomic E-state index is 6.13. The molecule has 1 fully saturated rings. The van der Waals surface area contributed by atoms with Crippen molar-refractivity contribution in [3.63, 3.8) is 0 Å². The SMILES string of the molecule is NNC(CC1CC1)c1c(Cl)cccc1Cl. The molecule has 4 heteroatoms. The van der Waals surface area contributed by atoms with Crippen molar-refractivity contribution in [1.82, 2.24) is 5.43 Å². The van der Waals surface area contributed by atoms with Crippen LogP contribution in [0.15, 0.2) is 18.2 Å². The molecule has 0 aliphatic heterocycles. The van der Waals surface area contributed by atoms with Crippen molar-refractivity contribution >= 4 is 23.2 Å². The van der Waals surface area contributed by atoms with Crippen LogP contribution in [-0.4, -0.2) is 0 Å². The minimum Gasteiger partial charge on any atom is -0.271 e. The number of hydrogen-bond donors (Lipinski definition) is 2. The van der Waals surface area contributed by atoms with E-state index >= 15 is 0 Å². The lowest BCUT2D eigenvalue weighted by atomic mass is 10.0. The van der Waals surface area contributed by atoms with E-state index in [-0.39, 0.29) is 6.04 Å². The molecular weight excluding hydrogens is 231 g/mol. The summed E-state index contributed by atoms with van der Waals surface area (Å²) >= 11 is 12.3. The molecule has 0 aromatic heterocycles. The van der Waals surface area contributed by atoms with E-state index in [1.807, 2.05) is 18.2 Å². The highest BCUT2D eigenvalue weighted by molar-refractivity contribution is 6.36. The lowest BCUT2D eigenvalue weighted by molar-refractivity contribution is 0.487. The fraction of sp³-hybridized carbons (Fsp3) is 0.455. The van der Waals surface area contributed by atoms with Gasteiger partial charge in [-0.2, -0.15) is 0 Å².